The molecule has 0 amide bonds. The lowest BCUT2D eigenvalue weighted by Crippen LogP contribution is -2.53. The normalized spacial score (nSPS) is 19.1. The van der Waals surface area contributed by atoms with E-state index in [1.165, 1.54) is 30.5 Å². The number of hydrogen-bond acceptors (Lipinski definition) is 7. The van der Waals surface area contributed by atoms with Crippen LogP contribution >= 0.6 is 0 Å². The monoisotopic (exact) mass is 497 g/mol. The third kappa shape index (κ3) is 4.73. The molecule has 3 aromatic heterocycles. The molecule has 4 aromatic rings. The zero-order valence-electron chi connectivity index (χ0n) is 21.5. The SMILES string of the molecule is CN(c1nc(-c2ccnc(Nc3ccc(F)cc3)c2)nc2cncc(C3CC3)c12)C1CCNCC1(C)C. The van der Waals surface area contributed by atoms with Crippen molar-refractivity contribution in [1.82, 2.24) is 25.3 Å². The first kappa shape index (κ1) is 23.7. The third-order valence-electron chi connectivity index (χ3n) is 7.65. The maximum Gasteiger partial charge on any atom is 0.162 e. The van der Waals surface area contributed by atoms with Gasteiger partial charge in [-0.2, -0.15) is 0 Å². The van der Waals surface area contributed by atoms with E-state index in [2.05, 4.69) is 46.4 Å². The van der Waals surface area contributed by atoms with E-state index in [0.717, 1.165) is 47.5 Å². The van der Waals surface area contributed by atoms with E-state index >= 15 is 0 Å². The summed E-state index contributed by atoms with van der Waals surface area (Å²) in [6.45, 7) is 6.61. The van der Waals surface area contributed by atoms with E-state index in [0.29, 0.717) is 23.6 Å². The summed E-state index contributed by atoms with van der Waals surface area (Å²) in [6.07, 6.45) is 9.03. The predicted octanol–water partition coefficient (Wildman–Crippen LogP) is 5.67. The molecule has 0 bridgehead atoms. The van der Waals surface area contributed by atoms with Crippen molar-refractivity contribution in [3.05, 3.63) is 66.4 Å². The second-order valence-corrected chi connectivity index (χ2v) is 10.9. The van der Waals surface area contributed by atoms with Gasteiger partial charge in [-0.3, -0.25) is 4.98 Å². The first-order valence-corrected chi connectivity index (χ1v) is 13.0. The second kappa shape index (κ2) is 9.34. The van der Waals surface area contributed by atoms with Crippen molar-refractivity contribution in [3.63, 3.8) is 0 Å². The van der Waals surface area contributed by atoms with Crippen LogP contribution in [0, 0.1) is 11.2 Å². The lowest BCUT2D eigenvalue weighted by atomic mass is 9.79. The van der Waals surface area contributed by atoms with Crippen LogP contribution in [-0.2, 0) is 0 Å². The van der Waals surface area contributed by atoms with Crippen LogP contribution in [0.25, 0.3) is 22.3 Å². The van der Waals surface area contributed by atoms with Gasteiger partial charge in [0.15, 0.2) is 5.82 Å². The Morgan fingerprint density at radius 3 is 2.62 bits per heavy atom. The van der Waals surface area contributed by atoms with Crippen LogP contribution in [0.5, 0.6) is 0 Å². The first-order chi connectivity index (χ1) is 17.9. The molecule has 1 saturated heterocycles. The molecule has 1 aliphatic heterocycles. The molecule has 1 atom stereocenters. The van der Waals surface area contributed by atoms with Gasteiger partial charge in [0.1, 0.15) is 17.5 Å². The number of nitrogens with zero attached hydrogens (tertiary/aromatic N) is 5. The van der Waals surface area contributed by atoms with Crippen LogP contribution in [0.2, 0.25) is 0 Å². The van der Waals surface area contributed by atoms with Gasteiger partial charge in [0.25, 0.3) is 0 Å². The molecule has 2 fully saturated rings. The number of aromatic nitrogens is 4. The quantitative estimate of drug-likeness (QED) is 0.355. The Morgan fingerprint density at radius 2 is 1.86 bits per heavy atom. The molecule has 37 heavy (non-hydrogen) atoms. The van der Waals surface area contributed by atoms with Crippen molar-refractivity contribution in [2.75, 3.05) is 30.4 Å². The number of hydrogen-bond donors (Lipinski definition) is 2. The molecule has 2 aliphatic rings. The fraction of sp³-hybridized carbons (Fsp3) is 0.379. The number of pyridine rings is 2. The Kier molecular flexibility index (Phi) is 5.99. The molecule has 1 saturated carbocycles. The lowest BCUT2D eigenvalue weighted by molar-refractivity contribution is 0.215. The molecule has 0 spiro atoms. The zero-order chi connectivity index (χ0) is 25.6. The fourth-order valence-corrected chi connectivity index (χ4v) is 5.52. The number of halogens is 1. The molecule has 1 aliphatic carbocycles. The third-order valence-corrected chi connectivity index (χ3v) is 7.65. The number of fused-ring (bicyclic) bond motifs is 1. The van der Waals surface area contributed by atoms with Gasteiger partial charge in [-0.1, -0.05) is 13.8 Å². The smallest absolute Gasteiger partial charge is 0.162 e. The number of anilines is 3. The maximum absolute atomic E-state index is 13.3. The first-order valence-electron chi connectivity index (χ1n) is 13.0. The molecule has 190 valence electrons. The van der Waals surface area contributed by atoms with Crippen LogP contribution in [0.4, 0.5) is 21.7 Å². The van der Waals surface area contributed by atoms with Crippen molar-refractivity contribution >= 4 is 28.2 Å². The van der Waals surface area contributed by atoms with E-state index in [4.69, 9.17) is 9.97 Å². The molecule has 7 nitrogen and oxygen atoms in total. The minimum absolute atomic E-state index is 0.0973. The maximum atomic E-state index is 13.3. The molecule has 2 N–H and O–H groups in total. The number of benzene rings is 1. The molecule has 6 rings (SSSR count). The Bertz CT molecular complexity index is 1430. The zero-order valence-corrected chi connectivity index (χ0v) is 21.5. The van der Waals surface area contributed by atoms with E-state index < -0.39 is 0 Å². The van der Waals surface area contributed by atoms with Gasteiger partial charge in [0.05, 0.1) is 11.7 Å². The van der Waals surface area contributed by atoms with Crippen LogP contribution in [0.15, 0.2) is 55.0 Å². The summed E-state index contributed by atoms with van der Waals surface area (Å²) < 4.78 is 13.3. The molecule has 4 heterocycles. The average molecular weight is 498 g/mol. The summed E-state index contributed by atoms with van der Waals surface area (Å²) >= 11 is 0. The van der Waals surface area contributed by atoms with Crippen molar-refractivity contribution in [3.8, 4) is 11.4 Å². The van der Waals surface area contributed by atoms with Crippen LogP contribution in [0.1, 0.15) is 44.6 Å². The van der Waals surface area contributed by atoms with Gasteiger partial charge in [0.2, 0.25) is 0 Å². The summed E-state index contributed by atoms with van der Waals surface area (Å²) in [5.74, 6) is 2.51. The predicted molar refractivity (Wildman–Crippen MR) is 146 cm³/mol. The number of nitrogens with one attached hydrogen (secondary N) is 2. The van der Waals surface area contributed by atoms with Gasteiger partial charge in [-0.15, -0.1) is 0 Å². The van der Waals surface area contributed by atoms with Gasteiger partial charge >= 0.3 is 0 Å². The van der Waals surface area contributed by atoms with E-state index in [1.807, 2.05) is 24.5 Å². The fourth-order valence-electron chi connectivity index (χ4n) is 5.52. The van der Waals surface area contributed by atoms with Gasteiger partial charge in [0, 0.05) is 48.7 Å². The average Bonchev–Trinajstić information content (AvgIpc) is 3.74. The minimum Gasteiger partial charge on any atom is -0.355 e. The standard InChI is InChI=1S/C29H32FN7/c1-29(2)17-31-12-11-24(29)37(3)28-26-22(18-4-5-18)15-32-16-23(26)35-27(36-28)19-10-13-33-25(14-19)34-21-8-6-20(30)7-9-21/h6-10,13-16,18,24,31H,4-5,11-12,17H2,1-3H3,(H,33,34). The summed E-state index contributed by atoms with van der Waals surface area (Å²) in [5, 5.41) is 7.92. The summed E-state index contributed by atoms with van der Waals surface area (Å²) in [6, 6.07) is 10.4. The highest BCUT2D eigenvalue weighted by molar-refractivity contribution is 5.94. The summed E-state index contributed by atoms with van der Waals surface area (Å²) in [4.78, 5) is 21.6. The molecule has 1 unspecified atom stereocenters. The molecule has 1 aromatic carbocycles. The van der Waals surface area contributed by atoms with E-state index in [9.17, 15) is 4.39 Å². The topological polar surface area (TPSA) is 78.9 Å². The van der Waals surface area contributed by atoms with Crippen molar-refractivity contribution in [2.24, 2.45) is 5.41 Å². The highest BCUT2D eigenvalue weighted by Gasteiger charge is 2.37. The lowest BCUT2D eigenvalue weighted by Gasteiger charge is -2.45. The molecular weight excluding hydrogens is 465 g/mol. The van der Waals surface area contributed by atoms with Gasteiger partial charge in [-0.05, 0) is 79.1 Å². The van der Waals surface area contributed by atoms with Gasteiger partial charge in [-0.25, -0.2) is 19.3 Å². The Labute approximate surface area is 216 Å². The Morgan fingerprint density at radius 1 is 1.05 bits per heavy atom. The van der Waals surface area contributed by atoms with Gasteiger partial charge < -0.3 is 15.5 Å². The number of piperidine rings is 1. The largest absolute Gasteiger partial charge is 0.355 e. The Hall–Kier alpha value is -3.65. The van der Waals surface area contributed by atoms with Crippen molar-refractivity contribution < 1.29 is 4.39 Å². The molecule has 0 radical (unpaired) electrons. The minimum atomic E-state index is -0.274. The summed E-state index contributed by atoms with van der Waals surface area (Å²) in [5.41, 5.74) is 3.84. The van der Waals surface area contributed by atoms with Crippen LogP contribution < -0.4 is 15.5 Å². The van der Waals surface area contributed by atoms with Crippen LogP contribution in [0.3, 0.4) is 0 Å². The molecular formula is C29H32FN7. The summed E-state index contributed by atoms with van der Waals surface area (Å²) in [7, 11) is 2.18. The van der Waals surface area contributed by atoms with Crippen molar-refractivity contribution in [1.29, 1.82) is 0 Å². The van der Waals surface area contributed by atoms with E-state index in [-0.39, 0.29) is 11.2 Å². The Balaban J connectivity index is 1.44. The highest BCUT2D eigenvalue weighted by Crippen LogP contribution is 2.45. The van der Waals surface area contributed by atoms with Crippen molar-refractivity contribution in [2.45, 2.75) is 45.1 Å². The number of rotatable bonds is 6. The molecule has 8 heteroatoms. The second-order valence-electron chi connectivity index (χ2n) is 10.9. The highest BCUT2D eigenvalue weighted by atomic mass is 19.1. The van der Waals surface area contributed by atoms with E-state index in [1.54, 1.807) is 18.3 Å². The van der Waals surface area contributed by atoms with Crippen LogP contribution in [-0.4, -0.2) is 46.1 Å².